The highest BCUT2D eigenvalue weighted by Crippen LogP contribution is 2.46. The number of carbonyl (C=O) groups excluding carboxylic acids is 2. The van der Waals surface area contributed by atoms with Crippen LogP contribution in [0.3, 0.4) is 0 Å². The summed E-state index contributed by atoms with van der Waals surface area (Å²) in [6.45, 7) is 3.47. The average molecular weight is 481 g/mol. The Morgan fingerprint density at radius 1 is 1.09 bits per heavy atom. The number of rotatable bonds is 6. The Labute approximate surface area is 201 Å². The molecule has 0 bridgehead atoms. The van der Waals surface area contributed by atoms with E-state index in [4.69, 9.17) is 14.2 Å². The Hall–Kier alpha value is -3.66. The fourth-order valence-electron chi connectivity index (χ4n) is 3.63. The van der Waals surface area contributed by atoms with Crippen LogP contribution in [0.15, 0.2) is 47.6 Å². The Kier molecular flexibility index (Phi) is 6.97. The van der Waals surface area contributed by atoms with E-state index >= 15 is 0 Å². The lowest BCUT2D eigenvalue weighted by Crippen LogP contribution is -2.37. The van der Waals surface area contributed by atoms with Gasteiger partial charge in [-0.1, -0.05) is 49.9 Å². The first kappa shape index (κ1) is 23.5. The summed E-state index contributed by atoms with van der Waals surface area (Å²) in [4.78, 5) is 31.7. The maximum absolute atomic E-state index is 13.3. The molecule has 10 heteroatoms. The molecule has 0 saturated carbocycles. The fourth-order valence-corrected chi connectivity index (χ4v) is 3.92. The Morgan fingerprint density at radius 3 is 2.59 bits per heavy atom. The topological polar surface area (TPSA) is 104 Å². The highest BCUT2D eigenvalue weighted by atomic mass is 32.2. The van der Waals surface area contributed by atoms with Gasteiger partial charge in [-0.25, -0.2) is 0 Å². The van der Waals surface area contributed by atoms with Crippen LogP contribution in [0.2, 0.25) is 0 Å². The number of nitrogens with zero attached hydrogens (tertiary/aromatic N) is 4. The first-order chi connectivity index (χ1) is 16.5. The van der Waals surface area contributed by atoms with E-state index in [2.05, 4.69) is 15.2 Å². The van der Waals surface area contributed by atoms with Crippen LogP contribution in [0.1, 0.15) is 38.5 Å². The van der Waals surface area contributed by atoms with Crippen molar-refractivity contribution >= 4 is 29.3 Å². The number of ether oxygens (including phenoxy) is 3. The molecule has 4 rings (SSSR count). The quantitative estimate of drug-likeness (QED) is 0.288. The van der Waals surface area contributed by atoms with Gasteiger partial charge in [0, 0.05) is 18.4 Å². The molecular weight excluding hydrogens is 456 g/mol. The number of thioether (sulfide) groups is 1. The van der Waals surface area contributed by atoms with Gasteiger partial charge >= 0.3 is 5.97 Å². The number of hydrogen-bond acceptors (Lipinski definition) is 9. The minimum absolute atomic E-state index is 0.167. The van der Waals surface area contributed by atoms with E-state index in [0.717, 1.165) is 0 Å². The molecule has 34 heavy (non-hydrogen) atoms. The molecule has 9 nitrogen and oxygen atoms in total. The minimum Gasteiger partial charge on any atom is -0.493 e. The summed E-state index contributed by atoms with van der Waals surface area (Å²) < 4.78 is 17.5. The van der Waals surface area contributed by atoms with E-state index in [1.165, 1.54) is 23.8 Å². The number of carbonyl (C=O) groups is 2. The molecule has 2 aromatic carbocycles. The van der Waals surface area contributed by atoms with Crippen LogP contribution in [-0.4, -0.2) is 40.4 Å². The third kappa shape index (κ3) is 4.28. The summed E-state index contributed by atoms with van der Waals surface area (Å²) in [7, 11) is 1.48. The van der Waals surface area contributed by atoms with Gasteiger partial charge < -0.3 is 14.2 Å². The van der Waals surface area contributed by atoms with Gasteiger partial charge in [-0.15, -0.1) is 10.2 Å². The summed E-state index contributed by atoms with van der Waals surface area (Å²) in [5.74, 6) is 0.110. The second kappa shape index (κ2) is 10.1. The van der Waals surface area contributed by atoms with E-state index in [9.17, 15) is 9.59 Å². The summed E-state index contributed by atoms with van der Waals surface area (Å²) in [5, 5.41) is 8.94. The third-order valence-corrected chi connectivity index (χ3v) is 5.80. The van der Waals surface area contributed by atoms with Gasteiger partial charge in [0.1, 0.15) is 0 Å². The summed E-state index contributed by atoms with van der Waals surface area (Å²) in [6, 6.07) is 12.5. The van der Waals surface area contributed by atoms with Gasteiger partial charge in [0.25, 0.3) is 0 Å². The van der Waals surface area contributed by atoms with E-state index in [1.807, 2.05) is 30.5 Å². The molecule has 0 saturated heterocycles. The lowest BCUT2D eigenvalue weighted by Gasteiger charge is -2.31. The zero-order valence-corrected chi connectivity index (χ0v) is 20.1. The highest BCUT2D eigenvalue weighted by Gasteiger charge is 2.37. The molecule has 1 amide bonds. The predicted molar refractivity (Wildman–Crippen MR) is 127 cm³/mol. The fraction of sp³-hybridized carbons (Fsp3) is 0.292. The number of para-hydroxylation sites is 2. The van der Waals surface area contributed by atoms with Crippen molar-refractivity contribution in [3.05, 3.63) is 48.0 Å². The van der Waals surface area contributed by atoms with Crippen molar-refractivity contribution in [2.45, 2.75) is 38.1 Å². The van der Waals surface area contributed by atoms with Gasteiger partial charge in [-0.3, -0.25) is 14.5 Å². The maximum Gasteiger partial charge on any atom is 0.311 e. The molecule has 0 N–H and O–H groups in total. The maximum atomic E-state index is 13.3. The minimum atomic E-state index is -1.00. The smallest absolute Gasteiger partial charge is 0.311 e. The zero-order chi connectivity index (χ0) is 24.2. The molecule has 1 unspecified atom stereocenters. The average Bonchev–Trinajstić information content (AvgIpc) is 3.02. The summed E-state index contributed by atoms with van der Waals surface area (Å²) >= 11 is 1.32. The van der Waals surface area contributed by atoms with Crippen molar-refractivity contribution in [1.29, 1.82) is 0 Å². The first-order valence-electron chi connectivity index (χ1n) is 10.8. The predicted octanol–water partition coefficient (Wildman–Crippen LogP) is 4.42. The SMILES string of the molecule is CCC(=O)Oc1c(OC)cccc1C1Oc2nc(SC)nnc2-c2ccccc2N1C(=O)CC. The van der Waals surface area contributed by atoms with Crippen molar-refractivity contribution in [1.82, 2.24) is 15.2 Å². The molecule has 0 spiro atoms. The molecule has 1 aromatic heterocycles. The van der Waals surface area contributed by atoms with Crippen LogP contribution in [0, 0.1) is 0 Å². The van der Waals surface area contributed by atoms with Crippen LogP contribution in [0.25, 0.3) is 11.3 Å². The molecule has 2 heterocycles. The number of fused-ring (bicyclic) bond motifs is 3. The molecule has 0 radical (unpaired) electrons. The number of amides is 1. The Bertz CT molecular complexity index is 1240. The zero-order valence-electron chi connectivity index (χ0n) is 19.3. The first-order valence-corrected chi connectivity index (χ1v) is 12.0. The standard InChI is InChI=1S/C24H24N4O5S/c1-5-18(29)28-16-12-8-7-10-14(16)20-22(25-24(34-4)27-26-20)33-23(28)15-11-9-13-17(31-3)21(15)32-19(30)6-2/h7-13,23H,5-6H2,1-4H3. The van der Waals surface area contributed by atoms with E-state index in [-0.39, 0.29) is 30.4 Å². The second-order valence-electron chi connectivity index (χ2n) is 7.26. The molecule has 3 aromatic rings. The van der Waals surface area contributed by atoms with Gasteiger partial charge in [0.05, 0.1) is 18.4 Å². The number of esters is 1. The van der Waals surface area contributed by atoms with Crippen LogP contribution < -0.4 is 19.1 Å². The van der Waals surface area contributed by atoms with E-state index in [1.54, 1.807) is 32.0 Å². The molecule has 1 aliphatic heterocycles. The normalized spacial score (nSPS) is 14.4. The van der Waals surface area contributed by atoms with E-state index < -0.39 is 12.2 Å². The van der Waals surface area contributed by atoms with Gasteiger partial charge in [-0.05, 0) is 24.5 Å². The third-order valence-electron chi connectivity index (χ3n) is 5.27. The number of anilines is 1. The molecule has 0 fully saturated rings. The van der Waals surface area contributed by atoms with Crippen molar-refractivity contribution < 1.29 is 23.8 Å². The molecule has 1 aliphatic rings. The monoisotopic (exact) mass is 480 g/mol. The lowest BCUT2D eigenvalue weighted by atomic mass is 10.1. The number of benzene rings is 2. The molecule has 1 atom stereocenters. The van der Waals surface area contributed by atoms with Gasteiger partial charge in [0.2, 0.25) is 23.2 Å². The Balaban J connectivity index is 2.00. The van der Waals surface area contributed by atoms with Crippen LogP contribution in [-0.2, 0) is 9.59 Å². The number of hydrogen-bond donors (Lipinski definition) is 0. The molecule has 176 valence electrons. The van der Waals surface area contributed by atoms with Gasteiger partial charge in [0.15, 0.2) is 17.2 Å². The van der Waals surface area contributed by atoms with Crippen molar-refractivity contribution in [2.24, 2.45) is 0 Å². The number of aromatic nitrogens is 3. The number of methoxy groups -OCH3 is 1. The van der Waals surface area contributed by atoms with Crippen LogP contribution in [0.4, 0.5) is 5.69 Å². The van der Waals surface area contributed by atoms with Gasteiger partial charge in [-0.2, -0.15) is 4.98 Å². The van der Waals surface area contributed by atoms with Crippen molar-refractivity contribution in [3.63, 3.8) is 0 Å². The van der Waals surface area contributed by atoms with Crippen LogP contribution in [0.5, 0.6) is 17.4 Å². The Morgan fingerprint density at radius 2 is 1.88 bits per heavy atom. The summed E-state index contributed by atoms with van der Waals surface area (Å²) in [6.07, 6.45) is 1.22. The second-order valence-corrected chi connectivity index (χ2v) is 8.04. The van der Waals surface area contributed by atoms with Crippen molar-refractivity contribution in [3.8, 4) is 28.6 Å². The van der Waals surface area contributed by atoms with E-state index in [0.29, 0.717) is 33.4 Å². The van der Waals surface area contributed by atoms with Crippen LogP contribution >= 0.6 is 11.8 Å². The molecular formula is C24H24N4O5S. The largest absolute Gasteiger partial charge is 0.493 e. The molecule has 0 aliphatic carbocycles. The summed E-state index contributed by atoms with van der Waals surface area (Å²) in [5.41, 5.74) is 2.10. The van der Waals surface area contributed by atoms with Crippen molar-refractivity contribution in [2.75, 3.05) is 18.3 Å². The lowest BCUT2D eigenvalue weighted by molar-refractivity contribution is -0.134. The highest BCUT2D eigenvalue weighted by molar-refractivity contribution is 7.98.